The molecule has 1 saturated heterocycles. The number of sulfone groups is 1. The van der Waals surface area contributed by atoms with Crippen molar-refractivity contribution in [3.05, 3.63) is 0 Å². The Hall–Kier alpha value is 0.150. The minimum absolute atomic E-state index is 0.0362. The maximum absolute atomic E-state index is 12.0. The van der Waals surface area contributed by atoms with Gasteiger partial charge >= 0.3 is 0 Å². The van der Waals surface area contributed by atoms with Crippen molar-refractivity contribution in [1.29, 1.82) is 0 Å². The van der Waals surface area contributed by atoms with Gasteiger partial charge in [-0.1, -0.05) is 0 Å². The molecule has 18 heavy (non-hydrogen) atoms. The molecular weight excluding hydrogens is 298 g/mol. The lowest BCUT2D eigenvalue weighted by molar-refractivity contribution is 0.540. The van der Waals surface area contributed by atoms with E-state index in [4.69, 9.17) is 11.6 Å². The summed E-state index contributed by atoms with van der Waals surface area (Å²) in [4.78, 5) is 0. The predicted octanol–water partition coefficient (Wildman–Crippen LogP) is 0.500. The highest BCUT2D eigenvalue weighted by molar-refractivity contribution is 7.92. The van der Waals surface area contributed by atoms with Crippen LogP contribution in [-0.2, 0) is 19.9 Å². The third kappa shape index (κ3) is 3.82. The van der Waals surface area contributed by atoms with Crippen LogP contribution in [0.2, 0.25) is 0 Å². The van der Waals surface area contributed by atoms with Gasteiger partial charge in [0.1, 0.15) is 9.84 Å². The van der Waals surface area contributed by atoms with Gasteiger partial charge in [0.2, 0.25) is 10.0 Å². The normalized spacial score (nSPS) is 26.9. The van der Waals surface area contributed by atoms with Crippen LogP contribution in [0, 0.1) is 5.92 Å². The smallest absolute Gasteiger partial charge is 0.214 e. The highest BCUT2D eigenvalue weighted by atomic mass is 35.5. The van der Waals surface area contributed by atoms with E-state index in [1.54, 1.807) is 0 Å². The van der Waals surface area contributed by atoms with Crippen LogP contribution in [0.25, 0.3) is 0 Å². The fourth-order valence-electron chi connectivity index (χ4n) is 2.12. The number of hydrogen-bond acceptors (Lipinski definition) is 4. The van der Waals surface area contributed by atoms with Crippen molar-refractivity contribution in [2.45, 2.75) is 36.3 Å². The monoisotopic (exact) mass is 315 g/mol. The molecular formula is C10H18ClNO4S2. The molecule has 1 aliphatic carbocycles. The first-order valence-electron chi connectivity index (χ1n) is 6.13. The largest absolute Gasteiger partial charge is 0.229 e. The lowest BCUT2D eigenvalue weighted by Crippen LogP contribution is -2.41. The van der Waals surface area contributed by atoms with Crippen molar-refractivity contribution in [2.24, 2.45) is 5.92 Å². The third-order valence-corrected chi connectivity index (χ3v) is 7.70. The van der Waals surface area contributed by atoms with Gasteiger partial charge in [-0.2, -0.15) is 0 Å². The quantitative estimate of drug-likeness (QED) is 0.749. The van der Waals surface area contributed by atoms with Crippen LogP contribution in [0.1, 0.15) is 25.7 Å². The third-order valence-electron chi connectivity index (χ3n) is 3.55. The Balaban J connectivity index is 1.86. The lowest BCUT2D eigenvalue weighted by atomic mass is 10.2. The topological polar surface area (TPSA) is 80.3 Å². The van der Waals surface area contributed by atoms with Crippen molar-refractivity contribution < 1.29 is 16.8 Å². The summed E-state index contributed by atoms with van der Waals surface area (Å²) < 4.78 is 49.0. The Kier molecular flexibility index (Phi) is 4.26. The second-order valence-corrected chi connectivity index (χ2v) is 10.0. The van der Waals surface area contributed by atoms with Gasteiger partial charge in [0.25, 0.3) is 0 Å². The average Bonchev–Trinajstić information content (AvgIpc) is 3.09. The van der Waals surface area contributed by atoms with Gasteiger partial charge in [0.05, 0.1) is 16.8 Å². The zero-order chi connectivity index (χ0) is 13.4. The van der Waals surface area contributed by atoms with Gasteiger partial charge in [-0.25, -0.2) is 21.6 Å². The van der Waals surface area contributed by atoms with E-state index >= 15 is 0 Å². The second-order valence-electron chi connectivity index (χ2n) is 5.10. The zero-order valence-corrected chi connectivity index (χ0v) is 12.4. The van der Waals surface area contributed by atoms with Gasteiger partial charge in [-0.3, -0.25) is 0 Å². The predicted molar refractivity (Wildman–Crippen MR) is 71.0 cm³/mol. The highest BCUT2D eigenvalue weighted by Crippen LogP contribution is 2.35. The van der Waals surface area contributed by atoms with Crippen molar-refractivity contribution in [3.8, 4) is 0 Å². The van der Waals surface area contributed by atoms with Gasteiger partial charge in [0.15, 0.2) is 0 Å². The number of halogens is 1. The molecule has 106 valence electrons. The van der Waals surface area contributed by atoms with Crippen LogP contribution < -0.4 is 4.72 Å². The summed E-state index contributed by atoms with van der Waals surface area (Å²) in [5, 5.41) is -0.740. The molecule has 2 fully saturated rings. The Morgan fingerprint density at radius 2 is 1.72 bits per heavy atom. The van der Waals surface area contributed by atoms with Gasteiger partial charge in [-0.05, 0) is 31.6 Å². The molecule has 1 unspecified atom stereocenters. The number of hydrogen-bond donors (Lipinski definition) is 1. The molecule has 0 spiro atoms. The SMILES string of the molecule is O=S1(=O)CCC(S(=O)(=O)NCC(Cl)C2CC2)CC1. The molecule has 0 bridgehead atoms. The minimum Gasteiger partial charge on any atom is -0.229 e. The summed E-state index contributed by atoms with van der Waals surface area (Å²) in [6.45, 7) is 0.248. The Morgan fingerprint density at radius 3 is 2.22 bits per heavy atom. The van der Waals surface area contributed by atoms with Crippen LogP contribution in [0.5, 0.6) is 0 Å². The van der Waals surface area contributed by atoms with Gasteiger partial charge < -0.3 is 0 Å². The maximum Gasteiger partial charge on any atom is 0.214 e. The first kappa shape index (κ1) is 14.6. The highest BCUT2D eigenvalue weighted by Gasteiger charge is 2.35. The molecule has 0 aromatic rings. The Bertz CT molecular complexity index is 484. The summed E-state index contributed by atoms with van der Waals surface area (Å²) in [6, 6.07) is 0. The van der Waals surface area contributed by atoms with E-state index < -0.39 is 25.1 Å². The zero-order valence-electron chi connectivity index (χ0n) is 10.0. The average molecular weight is 316 g/mol. The van der Waals surface area contributed by atoms with E-state index in [2.05, 4.69) is 4.72 Å². The fourth-order valence-corrected chi connectivity index (χ4v) is 5.83. The second kappa shape index (κ2) is 5.26. The first-order valence-corrected chi connectivity index (χ1v) is 9.93. The molecule has 0 aromatic heterocycles. The summed E-state index contributed by atoms with van der Waals surface area (Å²) in [5.41, 5.74) is 0. The van der Waals surface area contributed by atoms with Crippen molar-refractivity contribution in [2.75, 3.05) is 18.1 Å². The molecule has 1 heterocycles. The number of rotatable bonds is 5. The molecule has 0 aromatic carbocycles. The summed E-state index contributed by atoms with van der Waals surface area (Å²) >= 11 is 6.05. The molecule has 1 aliphatic heterocycles. The minimum atomic E-state index is -3.43. The van der Waals surface area contributed by atoms with Crippen LogP contribution in [0.3, 0.4) is 0 Å². The standard InChI is InChI=1S/C10H18ClNO4S2/c11-10(8-1-2-8)7-12-18(15,16)9-3-5-17(13,14)6-4-9/h8-10,12H,1-7H2. The Morgan fingerprint density at radius 1 is 1.17 bits per heavy atom. The van der Waals surface area contributed by atoms with Crippen LogP contribution in [0.15, 0.2) is 0 Å². The lowest BCUT2D eigenvalue weighted by Gasteiger charge is -2.22. The molecule has 0 radical (unpaired) electrons. The summed E-state index contributed by atoms with van der Waals surface area (Å²) in [6.07, 6.45) is 2.51. The maximum atomic E-state index is 12.0. The van der Waals surface area contributed by atoms with Crippen molar-refractivity contribution in [1.82, 2.24) is 4.72 Å². The van der Waals surface area contributed by atoms with Crippen molar-refractivity contribution >= 4 is 31.5 Å². The van der Waals surface area contributed by atoms with Crippen molar-refractivity contribution in [3.63, 3.8) is 0 Å². The van der Waals surface area contributed by atoms with E-state index in [1.165, 1.54) is 0 Å². The van der Waals surface area contributed by atoms with Crippen LogP contribution >= 0.6 is 11.6 Å². The molecule has 2 aliphatic rings. The van der Waals surface area contributed by atoms with E-state index in [0.29, 0.717) is 5.92 Å². The molecule has 2 rings (SSSR count). The number of sulfonamides is 1. The van der Waals surface area contributed by atoms with Gasteiger partial charge in [-0.15, -0.1) is 11.6 Å². The van der Waals surface area contributed by atoms with E-state index in [1.807, 2.05) is 0 Å². The molecule has 1 N–H and O–H groups in total. The first-order chi connectivity index (χ1) is 8.30. The molecule has 8 heteroatoms. The van der Waals surface area contributed by atoms with Gasteiger partial charge in [0, 0.05) is 11.9 Å². The Labute approximate surface area is 113 Å². The fraction of sp³-hybridized carbons (Fsp3) is 1.00. The number of nitrogens with one attached hydrogen (secondary N) is 1. The summed E-state index contributed by atoms with van der Waals surface area (Å²) in [5.74, 6) is 0.359. The summed E-state index contributed by atoms with van der Waals surface area (Å²) in [7, 11) is -6.46. The molecule has 1 saturated carbocycles. The molecule has 1 atom stereocenters. The van der Waals surface area contributed by atoms with Crippen LogP contribution in [-0.4, -0.2) is 45.5 Å². The van der Waals surface area contributed by atoms with Crippen LogP contribution in [0.4, 0.5) is 0 Å². The molecule has 0 amide bonds. The van der Waals surface area contributed by atoms with E-state index in [0.717, 1.165) is 12.8 Å². The molecule has 5 nitrogen and oxygen atoms in total. The van der Waals surface area contributed by atoms with E-state index in [-0.39, 0.29) is 36.3 Å². The van der Waals surface area contributed by atoms with E-state index in [9.17, 15) is 16.8 Å². The number of alkyl halides is 1.